The Morgan fingerprint density at radius 3 is 2.91 bits per heavy atom. The van der Waals surface area contributed by atoms with Gasteiger partial charge in [0.25, 0.3) is 0 Å². The molecule has 1 atom stereocenters. The van der Waals surface area contributed by atoms with Gasteiger partial charge in [0.1, 0.15) is 5.82 Å². The van der Waals surface area contributed by atoms with Crippen molar-refractivity contribution in [1.29, 1.82) is 0 Å². The van der Waals surface area contributed by atoms with E-state index in [1.54, 1.807) is 12.1 Å². The largest absolute Gasteiger partial charge is 0.349 e. The molecule has 22 heavy (non-hydrogen) atoms. The van der Waals surface area contributed by atoms with Gasteiger partial charge in [-0.3, -0.25) is 4.79 Å². The standard InChI is InChI=1S/C18H17BrFNO/c19-15-10-12(8-9-16(15)20)11-18(22)21-17-7-3-5-13-4-1-2-6-14(13)17/h1-2,4,6,8-10,17H,3,5,7,11H2,(H,21,22). The molecule has 2 aromatic carbocycles. The van der Waals surface area contributed by atoms with Crippen molar-refractivity contribution in [3.05, 3.63) is 69.4 Å². The average Bonchev–Trinajstić information content (AvgIpc) is 2.51. The zero-order chi connectivity index (χ0) is 15.5. The number of hydrogen-bond acceptors (Lipinski definition) is 1. The lowest BCUT2D eigenvalue weighted by Crippen LogP contribution is -2.32. The molecule has 0 spiro atoms. The van der Waals surface area contributed by atoms with Crippen LogP contribution in [0.15, 0.2) is 46.9 Å². The van der Waals surface area contributed by atoms with Crippen LogP contribution < -0.4 is 5.32 Å². The molecule has 0 aromatic heterocycles. The Hall–Kier alpha value is -1.68. The number of aryl methyl sites for hydroxylation is 1. The van der Waals surface area contributed by atoms with E-state index in [0.717, 1.165) is 24.8 Å². The summed E-state index contributed by atoms with van der Waals surface area (Å²) >= 11 is 3.15. The summed E-state index contributed by atoms with van der Waals surface area (Å²) in [6, 6.07) is 13.0. The molecule has 0 bridgehead atoms. The maximum Gasteiger partial charge on any atom is 0.224 e. The highest BCUT2D eigenvalue weighted by Gasteiger charge is 2.21. The Morgan fingerprint density at radius 2 is 2.09 bits per heavy atom. The summed E-state index contributed by atoms with van der Waals surface area (Å²) in [5, 5.41) is 3.11. The molecule has 114 valence electrons. The van der Waals surface area contributed by atoms with Crippen molar-refractivity contribution in [3.63, 3.8) is 0 Å². The molecule has 3 rings (SSSR count). The molecule has 4 heteroatoms. The van der Waals surface area contributed by atoms with E-state index in [1.165, 1.54) is 17.2 Å². The van der Waals surface area contributed by atoms with E-state index in [1.807, 2.05) is 12.1 Å². The van der Waals surface area contributed by atoms with Crippen LogP contribution in [0.5, 0.6) is 0 Å². The van der Waals surface area contributed by atoms with Crippen molar-refractivity contribution < 1.29 is 9.18 Å². The second-order valence-electron chi connectivity index (χ2n) is 5.64. The van der Waals surface area contributed by atoms with Gasteiger partial charge in [0, 0.05) is 0 Å². The van der Waals surface area contributed by atoms with Gasteiger partial charge >= 0.3 is 0 Å². The third-order valence-electron chi connectivity index (χ3n) is 4.05. The molecule has 2 aromatic rings. The highest BCUT2D eigenvalue weighted by molar-refractivity contribution is 9.10. The van der Waals surface area contributed by atoms with Gasteiger partial charge < -0.3 is 5.32 Å². The molecule has 1 unspecified atom stereocenters. The lowest BCUT2D eigenvalue weighted by Gasteiger charge is -2.26. The van der Waals surface area contributed by atoms with Gasteiger partial charge in [-0.1, -0.05) is 30.3 Å². The van der Waals surface area contributed by atoms with Gasteiger partial charge in [-0.2, -0.15) is 0 Å². The second-order valence-corrected chi connectivity index (χ2v) is 6.49. The molecule has 1 aliphatic carbocycles. The lowest BCUT2D eigenvalue weighted by atomic mass is 9.87. The minimum atomic E-state index is -0.314. The topological polar surface area (TPSA) is 29.1 Å². The quantitative estimate of drug-likeness (QED) is 0.866. The molecule has 0 heterocycles. The average molecular weight is 362 g/mol. The molecular weight excluding hydrogens is 345 g/mol. The van der Waals surface area contributed by atoms with Gasteiger partial charge in [-0.05, 0) is 64.0 Å². The third-order valence-corrected chi connectivity index (χ3v) is 4.66. The van der Waals surface area contributed by atoms with E-state index in [0.29, 0.717) is 4.47 Å². The van der Waals surface area contributed by atoms with Gasteiger partial charge in [0.2, 0.25) is 5.91 Å². The predicted molar refractivity (Wildman–Crippen MR) is 88.1 cm³/mol. The molecule has 0 aliphatic heterocycles. The normalized spacial score (nSPS) is 16.9. The fraction of sp³-hybridized carbons (Fsp3) is 0.278. The van der Waals surface area contributed by atoms with Crippen molar-refractivity contribution in [2.75, 3.05) is 0 Å². The molecule has 0 saturated carbocycles. The van der Waals surface area contributed by atoms with Gasteiger partial charge in [-0.25, -0.2) is 4.39 Å². The first kappa shape index (κ1) is 15.2. The molecule has 2 nitrogen and oxygen atoms in total. The first-order chi connectivity index (χ1) is 10.6. The summed E-state index contributed by atoms with van der Waals surface area (Å²) in [4.78, 5) is 12.3. The maximum absolute atomic E-state index is 13.2. The minimum Gasteiger partial charge on any atom is -0.349 e. The third kappa shape index (κ3) is 3.38. The van der Waals surface area contributed by atoms with E-state index in [9.17, 15) is 9.18 Å². The molecule has 1 amide bonds. The van der Waals surface area contributed by atoms with Crippen LogP contribution in [-0.4, -0.2) is 5.91 Å². The van der Waals surface area contributed by atoms with Crippen molar-refractivity contribution in [2.24, 2.45) is 0 Å². The van der Waals surface area contributed by atoms with Crippen LogP contribution in [-0.2, 0) is 17.6 Å². The van der Waals surface area contributed by atoms with Crippen LogP contribution in [0.3, 0.4) is 0 Å². The van der Waals surface area contributed by atoms with E-state index < -0.39 is 0 Å². The number of nitrogens with one attached hydrogen (secondary N) is 1. The number of rotatable bonds is 3. The summed E-state index contributed by atoms with van der Waals surface area (Å²) in [6.45, 7) is 0. The number of halogens is 2. The van der Waals surface area contributed by atoms with Crippen LogP contribution in [0.4, 0.5) is 4.39 Å². The van der Waals surface area contributed by atoms with Crippen LogP contribution >= 0.6 is 15.9 Å². The zero-order valence-corrected chi connectivity index (χ0v) is 13.7. The highest BCUT2D eigenvalue weighted by Crippen LogP contribution is 2.29. The molecule has 0 saturated heterocycles. The van der Waals surface area contributed by atoms with Gasteiger partial charge in [0.05, 0.1) is 16.9 Å². The van der Waals surface area contributed by atoms with Crippen molar-refractivity contribution >= 4 is 21.8 Å². The Balaban J connectivity index is 1.69. The Kier molecular flexibility index (Phi) is 4.57. The van der Waals surface area contributed by atoms with Gasteiger partial charge in [0.15, 0.2) is 0 Å². The SMILES string of the molecule is O=C(Cc1ccc(F)c(Br)c1)NC1CCCc2ccccc21. The molecule has 0 fully saturated rings. The number of benzene rings is 2. The fourth-order valence-electron chi connectivity index (χ4n) is 2.98. The van der Waals surface area contributed by atoms with E-state index in [4.69, 9.17) is 0 Å². The molecular formula is C18H17BrFNO. The van der Waals surface area contributed by atoms with E-state index in [2.05, 4.69) is 33.4 Å². The van der Waals surface area contributed by atoms with E-state index in [-0.39, 0.29) is 24.2 Å². The Morgan fingerprint density at radius 1 is 1.27 bits per heavy atom. The van der Waals surface area contributed by atoms with Crippen LogP contribution in [0, 0.1) is 5.82 Å². The molecule has 1 N–H and O–H groups in total. The lowest BCUT2D eigenvalue weighted by molar-refractivity contribution is -0.121. The summed E-state index contributed by atoms with van der Waals surface area (Å²) < 4.78 is 13.6. The Labute approximate surface area is 137 Å². The Bertz CT molecular complexity index is 701. The van der Waals surface area contributed by atoms with Crippen LogP contribution in [0.25, 0.3) is 0 Å². The number of amides is 1. The van der Waals surface area contributed by atoms with Crippen molar-refractivity contribution in [3.8, 4) is 0 Å². The fourth-order valence-corrected chi connectivity index (χ4v) is 3.41. The highest BCUT2D eigenvalue weighted by atomic mass is 79.9. The monoisotopic (exact) mass is 361 g/mol. The van der Waals surface area contributed by atoms with Crippen LogP contribution in [0.2, 0.25) is 0 Å². The maximum atomic E-state index is 13.2. The number of fused-ring (bicyclic) bond motifs is 1. The second kappa shape index (κ2) is 6.61. The summed E-state index contributed by atoms with van der Waals surface area (Å²) in [5.74, 6) is -0.342. The molecule has 0 radical (unpaired) electrons. The first-order valence-electron chi connectivity index (χ1n) is 7.44. The summed E-state index contributed by atoms with van der Waals surface area (Å²) in [5.41, 5.74) is 3.35. The number of carbonyl (C=O) groups excluding carboxylic acids is 1. The first-order valence-corrected chi connectivity index (χ1v) is 8.24. The predicted octanol–water partition coefficient (Wildman–Crippen LogP) is 4.32. The summed E-state index contributed by atoms with van der Waals surface area (Å²) in [7, 11) is 0. The number of carbonyl (C=O) groups is 1. The van der Waals surface area contributed by atoms with Crippen molar-refractivity contribution in [2.45, 2.75) is 31.7 Å². The summed E-state index contributed by atoms with van der Waals surface area (Å²) in [6.07, 6.45) is 3.39. The molecule has 1 aliphatic rings. The van der Waals surface area contributed by atoms with Gasteiger partial charge in [-0.15, -0.1) is 0 Å². The number of hydrogen-bond donors (Lipinski definition) is 1. The van der Waals surface area contributed by atoms with Crippen molar-refractivity contribution in [1.82, 2.24) is 5.32 Å². The smallest absolute Gasteiger partial charge is 0.224 e. The minimum absolute atomic E-state index is 0.0276. The van der Waals surface area contributed by atoms with E-state index >= 15 is 0 Å². The zero-order valence-electron chi connectivity index (χ0n) is 12.1. The van der Waals surface area contributed by atoms with Crippen LogP contribution in [0.1, 0.15) is 35.6 Å².